The number of halogens is 2. The molecule has 0 aromatic heterocycles. The van der Waals surface area contributed by atoms with Gasteiger partial charge in [0.25, 0.3) is 0 Å². The van der Waals surface area contributed by atoms with E-state index in [2.05, 4.69) is 10.6 Å². The van der Waals surface area contributed by atoms with E-state index in [-0.39, 0.29) is 48.4 Å². The van der Waals surface area contributed by atoms with E-state index in [0.29, 0.717) is 12.0 Å². The molecule has 7 N–H and O–H groups in total. The number of nitrogens with two attached hydrogens (primary N) is 2. The van der Waals surface area contributed by atoms with E-state index in [4.69, 9.17) is 16.9 Å². The molecule has 0 spiro atoms. The molecule has 0 bridgehead atoms. The van der Waals surface area contributed by atoms with E-state index < -0.39 is 12.1 Å². The van der Waals surface area contributed by atoms with Gasteiger partial charge in [-0.15, -0.1) is 24.8 Å². The third-order valence-corrected chi connectivity index (χ3v) is 4.07. The van der Waals surface area contributed by atoms with Crippen LogP contribution in [0.5, 0.6) is 0 Å². The highest BCUT2D eigenvalue weighted by atomic mass is 35.5. The quantitative estimate of drug-likeness (QED) is 0.325. The number of amidine groups is 1. The molecule has 3 atom stereocenters. The highest BCUT2D eigenvalue weighted by Crippen LogP contribution is 2.10. The van der Waals surface area contributed by atoms with Crippen LogP contribution in [0.3, 0.4) is 0 Å². The summed E-state index contributed by atoms with van der Waals surface area (Å²) < 4.78 is 0. The summed E-state index contributed by atoms with van der Waals surface area (Å²) in [5, 5.41) is 12.7. The van der Waals surface area contributed by atoms with Gasteiger partial charge in [0.1, 0.15) is 11.9 Å². The molecule has 1 aromatic rings. The Morgan fingerprint density at radius 3 is 2.35 bits per heavy atom. The van der Waals surface area contributed by atoms with Gasteiger partial charge in [0.2, 0.25) is 11.8 Å². The summed E-state index contributed by atoms with van der Waals surface area (Å²) in [4.78, 5) is 24.3. The number of carbonyl (C=O) groups is 2. The maximum atomic E-state index is 12.3. The molecule has 0 heterocycles. The SMILES string of the molecule is CC[C@H](C)[C@H](NC(=O)[C@@H](N)Cc1cccc(C(=N)N)c1)C(=O)NC.Cl.Cl. The zero-order chi connectivity index (χ0) is 18.3. The first kappa shape index (κ1) is 26.4. The third kappa shape index (κ3) is 7.59. The molecule has 0 unspecified atom stereocenters. The first-order valence-electron chi connectivity index (χ1n) is 8.01. The second-order valence-electron chi connectivity index (χ2n) is 5.91. The Hall–Kier alpha value is -1.83. The van der Waals surface area contributed by atoms with Crippen molar-refractivity contribution in [1.82, 2.24) is 10.6 Å². The molecule has 0 radical (unpaired) electrons. The van der Waals surface area contributed by atoms with Gasteiger partial charge in [-0.1, -0.05) is 38.5 Å². The summed E-state index contributed by atoms with van der Waals surface area (Å²) in [6.45, 7) is 3.86. The number of nitrogen functional groups attached to an aromatic ring is 1. The van der Waals surface area contributed by atoms with Crippen molar-refractivity contribution in [2.24, 2.45) is 17.4 Å². The second-order valence-corrected chi connectivity index (χ2v) is 5.91. The van der Waals surface area contributed by atoms with E-state index in [1.165, 1.54) is 7.05 Å². The topological polar surface area (TPSA) is 134 Å². The van der Waals surface area contributed by atoms with Crippen molar-refractivity contribution in [2.75, 3.05) is 7.05 Å². The molecule has 7 nitrogen and oxygen atoms in total. The van der Waals surface area contributed by atoms with Gasteiger partial charge in [-0.2, -0.15) is 0 Å². The van der Waals surface area contributed by atoms with E-state index in [1.54, 1.807) is 18.2 Å². The summed E-state index contributed by atoms with van der Waals surface area (Å²) in [7, 11) is 1.54. The summed E-state index contributed by atoms with van der Waals surface area (Å²) in [6.07, 6.45) is 1.06. The van der Waals surface area contributed by atoms with E-state index in [9.17, 15) is 9.59 Å². The van der Waals surface area contributed by atoms with Crippen LogP contribution in [0.25, 0.3) is 0 Å². The van der Waals surface area contributed by atoms with Crippen LogP contribution >= 0.6 is 24.8 Å². The van der Waals surface area contributed by atoms with Gasteiger partial charge in [-0.05, 0) is 24.0 Å². The zero-order valence-corrected chi connectivity index (χ0v) is 16.9. The normalized spacial score (nSPS) is 13.2. The average molecular weight is 406 g/mol. The van der Waals surface area contributed by atoms with Gasteiger partial charge in [0, 0.05) is 12.6 Å². The van der Waals surface area contributed by atoms with E-state index >= 15 is 0 Å². The number of rotatable bonds is 8. The molecule has 0 aliphatic heterocycles. The summed E-state index contributed by atoms with van der Waals surface area (Å²) in [6, 6.07) is 5.65. The molecule has 148 valence electrons. The lowest BCUT2D eigenvalue weighted by atomic mass is 9.97. The van der Waals surface area contributed by atoms with Crippen LogP contribution < -0.4 is 22.1 Å². The predicted octanol–water partition coefficient (Wildman–Crippen LogP) is 0.961. The van der Waals surface area contributed by atoms with E-state index in [1.807, 2.05) is 19.9 Å². The molecule has 0 fully saturated rings. The lowest BCUT2D eigenvalue weighted by molar-refractivity contribution is -0.130. The number of amides is 2. The van der Waals surface area contributed by atoms with Crippen molar-refractivity contribution in [3.8, 4) is 0 Å². The number of likely N-dealkylation sites (N-methyl/N-ethyl adjacent to an activating group) is 1. The predicted molar refractivity (Wildman–Crippen MR) is 109 cm³/mol. The lowest BCUT2D eigenvalue weighted by Crippen LogP contribution is -2.54. The highest BCUT2D eigenvalue weighted by molar-refractivity contribution is 5.95. The Bertz CT molecular complexity index is 613. The van der Waals surface area contributed by atoms with Gasteiger partial charge in [-0.3, -0.25) is 15.0 Å². The minimum absolute atomic E-state index is 0. The average Bonchev–Trinajstić information content (AvgIpc) is 2.58. The maximum Gasteiger partial charge on any atom is 0.242 e. The van der Waals surface area contributed by atoms with Gasteiger partial charge in [0.15, 0.2) is 0 Å². The molecule has 0 saturated heterocycles. The number of nitrogens with one attached hydrogen (secondary N) is 3. The van der Waals surface area contributed by atoms with Gasteiger partial charge < -0.3 is 22.1 Å². The van der Waals surface area contributed by atoms with Gasteiger partial charge in [-0.25, -0.2) is 0 Å². The van der Waals surface area contributed by atoms with Crippen LogP contribution in [0.1, 0.15) is 31.4 Å². The lowest BCUT2D eigenvalue weighted by Gasteiger charge is -2.24. The Balaban J connectivity index is 0. The Labute approximate surface area is 167 Å². The number of benzene rings is 1. The van der Waals surface area contributed by atoms with Crippen molar-refractivity contribution < 1.29 is 9.59 Å². The first-order valence-corrected chi connectivity index (χ1v) is 8.01. The number of carbonyl (C=O) groups excluding carboxylic acids is 2. The monoisotopic (exact) mass is 405 g/mol. The van der Waals surface area contributed by atoms with Crippen molar-refractivity contribution in [2.45, 2.75) is 38.8 Å². The van der Waals surface area contributed by atoms with Crippen molar-refractivity contribution >= 4 is 42.5 Å². The highest BCUT2D eigenvalue weighted by Gasteiger charge is 2.27. The fourth-order valence-corrected chi connectivity index (χ4v) is 2.33. The minimum Gasteiger partial charge on any atom is -0.384 e. The largest absolute Gasteiger partial charge is 0.384 e. The molecule has 9 heteroatoms. The molecular weight excluding hydrogens is 377 g/mol. The molecule has 1 aromatic carbocycles. The van der Waals surface area contributed by atoms with Gasteiger partial charge in [0.05, 0.1) is 6.04 Å². The van der Waals surface area contributed by atoms with Gasteiger partial charge >= 0.3 is 0 Å². The van der Waals surface area contributed by atoms with Crippen LogP contribution in [-0.2, 0) is 16.0 Å². The van der Waals surface area contributed by atoms with Crippen LogP contribution in [0.4, 0.5) is 0 Å². The van der Waals surface area contributed by atoms with E-state index in [0.717, 1.165) is 12.0 Å². The standard InChI is InChI=1S/C17H27N5O2.2ClH/c1-4-10(2)14(17(24)21-3)22-16(23)13(18)9-11-6-5-7-12(8-11)15(19)20;;/h5-8,10,13-14H,4,9,18H2,1-3H3,(H3,19,20)(H,21,24)(H,22,23);2*1H/t10-,13-,14-;;/m0../s1. The molecule has 26 heavy (non-hydrogen) atoms. The van der Waals surface area contributed by atoms with Crippen LogP contribution in [0.2, 0.25) is 0 Å². The summed E-state index contributed by atoms with van der Waals surface area (Å²) in [5.74, 6) is -0.644. The minimum atomic E-state index is -0.788. The fourth-order valence-electron chi connectivity index (χ4n) is 2.33. The second kappa shape index (κ2) is 12.5. The van der Waals surface area contributed by atoms with Crippen LogP contribution in [0.15, 0.2) is 24.3 Å². The smallest absolute Gasteiger partial charge is 0.242 e. The first-order chi connectivity index (χ1) is 11.3. The molecule has 2 amide bonds. The Morgan fingerprint density at radius 1 is 1.23 bits per heavy atom. The number of hydrogen-bond acceptors (Lipinski definition) is 4. The Morgan fingerprint density at radius 2 is 1.85 bits per heavy atom. The van der Waals surface area contributed by atoms with Crippen LogP contribution in [0, 0.1) is 11.3 Å². The molecular formula is C17H29Cl2N5O2. The Kier molecular flexibility index (Phi) is 12.7. The maximum absolute atomic E-state index is 12.3. The molecule has 0 saturated carbocycles. The van der Waals surface area contributed by atoms with Crippen molar-refractivity contribution in [1.29, 1.82) is 5.41 Å². The molecule has 0 aliphatic carbocycles. The summed E-state index contributed by atoms with van der Waals surface area (Å²) in [5.41, 5.74) is 12.8. The van der Waals surface area contributed by atoms with Crippen molar-refractivity contribution in [3.63, 3.8) is 0 Å². The van der Waals surface area contributed by atoms with Crippen molar-refractivity contribution in [3.05, 3.63) is 35.4 Å². The third-order valence-electron chi connectivity index (χ3n) is 4.07. The van der Waals surface area contributed by atoms with Crippen LogP contribution in [-0.4, -0.2) is 36.8 Å². The molecule has 1 rings (SSSR count). The fraction of sp³-hybridized carbons (Fsp3) is 0.471. The summed E-state index contributed by atoms with van der Waals surface area (Å²) >= 11 is 0. The molecule has 0 aliphatic rings. The zero-order valence-electron chi connectivity index (χ0n) is 15.2. The number of hydrogen-bond donors (Lipinski definition) is 5.